The Balaban J connectivity index is 1.70. The number of rotatable bonds is 4. The molecule has 2 heterocycles. The first-order valence-corrected chi connectivity index (χ1v) is 4.66. The largest absolute Gasteiger partial charge is 0.374 e. The third-order valence-electron chi connectivity index (χ3n) is 2.35. The lowest BCUT2D eigenvalue weighted by molar-refractivity contribution is 0.0146. The van der Waals surface area contributed by atoms with Gasteiger partial charge in [0.25, 0.3) is 0 Å². The maximum absolute atomic E-state index is 5.60. The summed E-state index contributed by atoms with van der Waals surface area (Å²) in [4.78, 5) is 4.14. The maximum atomic E-state index is 5.60. The van der Waals surface area contributed by atoms with Crippen molar-refractivity contribution in [2.45, 2.75) is 19.6 Å². The van der Waals surface area contributed by atoms with E-state index in [0.717, 1.165) is 32.1 Å². The quantitative estimate of drug-likeness (QED) is 0.720. The average Bonchev–Trinajstić information content (AvgIpc) is 2.42. The normalized spacial score (nSPS) is 17.3. The zero-order valence-electron chi connectivity index (χ0n) is 7.86. The Bertz CT molecular complexity index is 268. The Morgan fingerprint density at radius 2 is 2.54 bits per heavy atom. The fraction of sp³-hybridized carbons (Fsp3) is 0.667. The van der Waals surface area contributed by atoms with E-state index in [2.05, 4.69) is 14.9 Å². The molecule has 0 saturated carbocycles. The van der Waals surface area contributed by atoms with Crippen molar-refractivity contribution in [3.8, 4) is 0 Å². The van der Waals surface area contributed by atoms with E-state index in [-0.39, 0.29) is 0 Å². The molecule has 1 aliphatic heterocycles. The second-order valence-corrected chi connectivity index (χ2v) is 3.32. The van der Waals surface area contributed by atoms with Gasteiger partial charge in [0.15, 0.2) is 0 Å². The molecule has 72 valence electrons. The molecule has 0 radical (unpaired) electrons. The van der Waals surface area contributed by atoms with Crippen molar-refractivity contribution < 1.29 is 4.74 Å². The van der Waals surface area contributed by atoms with Crippen LogP contribution in [0.2, 0.25) is 0 Å². The molecule has 1 aromatic rings. The van der Waals surface area contributed by atoms with Gasteiger partial charge in [0.1, 0.15) is 5.82 Å². The minimum absolute atomic E-state index is 0.434. The first kappa shape index (κ1) is 8.72. The van der Waals surface area contributed by atoms with Crippen LogP contribution in [0.1, 0.15) is 5.82 Å². The van der Waals surface area contributed by atoms with Crippen molar-refractivity contribution in [3.63, 3.8) is 0 Å². The Morgan fingerprint density at radius 3 is 3.08 bits per heavy atom. The SMILES string of the molecule is Cc1nccn1CCOC1CNC1. The average molecular weight is 181 g/mol. The van der Waals surface area contributed by atoms with Crippen LogP contribution >= 0.6 is 0 Å². The van der Waals surface area contributed by atoms with Gasteiger partial charge in [-0.1, -0.05) is 0 Å². The smallest absolute Gasteiger partial charge is 0.105 e. The molecule has 4 heteroatoms. The summed E-state index contributed by atoms with van der Waals surface area (Å²) >= 11 is 0. The second-order valence-electron chi connectivity index (χ2n) is 3.32. The number of hydrogen-bond acceptors (Lipinski definition) is 3. The van der Waals surface area contributed by atoms with Gasteiger partial charge in [-0.05, 0) is 6.92 Å². The summed E-state index contributed by atoms with van der Waals surface area (Å²) in [5.74, 6) is 1.05. The standard InChI is InChI=1S/C9H15N3O/c1-8-11-2-3-12(8)4-5-13-9-6-10-7-9/h2-3,9-10H,4-7H2,1H3. The zero-order valence-corrected chi connectivity index (χ0v) is 7.86. The van der Waals surface area contributed by atoms with Crippen LogP contribution in [0.15, 0.2) is 12.4 Å². The summed E-state index contributed by atoms with van der Waals surface area (Å²) in [7, 11) is 0. The molecular weight excluding hydrogens is 166 g/mol. The topological polar surface area (TPSA) is 39.1 Å². The van der Waals surface area contributed by atoms with Crippen molar-refractivity contribution in [2.24, 2.45) is 0 Å². The summed E-state index contributed by atoms with van der Waals surface area (Å²) in [5, 5.41) is 3.17. The Morgan fingerprint density at radius 1 is 1.69 bits per heavy atom. The number of nitrogens with zero attached hydrogens (tertiary/aromatic N) is 2. The van der Waals surface area contributed by atoms with Crippen LogP contribution in [0, 0.1) is 6.92 Å². The number of aromatic nitrogens is 2. The first-order valence-electron chi connectivity index (χ1n) is 4.66. The van der Waals surface area contributed by atoms with E-state index in [1.807, 2.05) is 19.3 Å². The number of imidazole rings is 1. The summed E-state index contributed by atoms with van der Waals surface area (Å²) in [6.07, 6.45) is 4.24. The number of nitrogens with one attached hydrogen (secondary N) is 1. The van der Waals surface area contributed by atoms with Crippen LogP contribution in [-0.2, 0) is 11.3 Å². The summed E-state index contributed by atoms with van der Waals surface area (Å²) in [5.41, 5.74) is 0. The molecule has 0 unspecified atom stereocenters. The number of ether oxygens (including phenoxy) is 1. The lowest BCUT2D eigenvalue weighted by Gasteiger charge is -2.27. The van der Waals surface area contributed by atoms with E-state index in [4.69, 9.17) is 4.74 Å². The molecule has 13 heavy (non-hydrogen) atoms. The molecule has 1 aliphatic rings. The highest BCUT2D eigenvalue weighted by Crippen LogP contribution is 2.00. The summed E-state index contributed by atoms with van der Waals surface area (Å²) < 4.78 is 7.70. The van der Waals surface area contributed by atoms with Gasteiger partial charge in [-0.2, -0.15) is 0 Å². The van der Waals surface area contributed by atoms with Crippen molar-refractivity contribution in [3.05, 3.63) is 18.2 Å². The summed E-state index contributed by atoms with van der Waals surface area (Å²) in [6.45, 7) is 5.70. The van der Waals surface area contributed by atoms with Crippen LogP contribution in [0.3, 0.4) is 0 Å². The van der Waals surface area contributed by atoms with E-state index in [1.54, 1.807) is 0 Å². The fourth-order valence-corrected chi connectivity index (χ4v) is 1.34. The molecule has 4 nitrogen and oxygen atoms in total. The zero-order chi connectivity index (χ0) is 9.10. The van der Waals surface area contributed by atoms with E-state index in [9.17, 15) is 0 Å². The van der Waals surface area contributed by atoms with Crippen LogP contribution in [0.25, 0.3) is 0 Å². The van der Waals surface area contributed by atoms with Gasteiger partial charge in [-0.25, -0.2) is 4.98 Å². The van der Waals surface area contributed by atoms with Crippen LogP contribution in [0.4, 0.5) is 0 Å². The van der Waals surface area contributed by atoms with Gasteiger partial charge in [0.2, 0.25) is 0 Å². The van der Waals surface area contributed by atoms with E-state index in [0.29, 0.717) is 6.10 Å². The van der Waals surface area contributed by atoms with Gasteiger partial charge in [-0.15, -0.1) is 0 Å². The molecule has 0 atom stereocenters. The van der Waals surface area contributed by atoms with Crippen molar-refractivity contribution in [1.29, 1.82) is 0 Å². The Labute approximate surface area is 77.9 Å². The van der Waals surface area contributed by atoms with Gasteiger partial charge < -0.3 is 14.6 Å². The van der Waals surface area contributed by atoms with E-state index < -0.39 is 0 Å². The van der Waals surface area contributed by atoms with Gasteiger partial charge in [-0.3, -0.25) is 0 Å². The van der Waals surface area contributed by atoms with Crippen LogP contribution < -0.4 is 5.32 Å². The molecule has 1 fully saturated rings. The first-order chi connectivity index (χ1) is 6.36. The Kier molecular flexibility index (Phi) is 2.61. The molecule has 2 rings (SSSR count). The molecule has 0 bridgehead atoms. The minimum Gasteiger partial charge on any atom is -0.374 e. The van der Waals surface area contributed by atoms with Crippen molar-refractivity contribution in [1.82, 2.24) is 14.9 Å². The molecule has 1 aromatic heterocycles. The molecule has 1 N–H and O–H groups in total. The highest BCUT2D eigenvalue weighted by Gasteiger charge is 2.16. The Hall–Kier alpha value is -0.870. The van der Waals surface area contributed by atoms with Crippen LogP contribution in [-0.4, -0.2) is 35.4 Å². The van der Waals surface area contributed by atoms with E-state index >= 15 is 0 Å². The second kappa shape index (κ2) is 3.89. The highest BCUT2D eigenvalue weighted by molar-refractivity contribution is 4.88. The predicted octanol–water partition coefficient (Wildman–Crippen LogP) is 0.180. The van der Waals surface area contributed by atoms with Gasteiger partial charge in [0.05, 0.1) is 12.7 Å². The molecule has 0 aromatic carbocycles. The predicted molar refractivity (Wildman–Crippen MR) is 49.6 cm³/mol. The third kappa shape index (κ3) is 2.08. The highest BCUT2D eigenvalue weighted by atomic mass is 16.5. The monoisotopic (exact) mass is 181 g/mol. The lowest BCUT2D eigenvalue weighted by atomic mass is 10.2. The molecule has 0 spiro atoms. The van der Waals surface area contributed by atoms with Gasteiger partial charge in [0, 0.05) is 32.0 Å². The van der Waals surface area contributed by atoms with Gasteiger partial charge >= 0.3 is 0 Å². The number of hydrogen-bond donors (Lipinski definition) is 1. The number of aryl methyl sites for hydroxylation is 1. The maximum Gasteiger partial charge on any atom is 0.105 e. The van der Waals surface area contributed by atoms with Crippen molar-refractivity contribution in [2.75, 3.05) is 19.7 Å². The summed E-state index contributed by atoms with van der Waals surface area (Å²) in [6, 6.07) is 0. The van der Waals surface area contributed by atoms with E-state index in [1.165, 1.54) is 0 Å². The fourth-order valence-electron chi connectivity index (χ4n) is 1.34. The van der Waals surface area contributed by atoms with Crippen molar-refractivity contribution >= 4 is 0 Å². The molecule has 1 saturated heterocycles. The molecule has 0 aliphatic carbocycles. The molecule has 0 amide bonds. The molecular formula is C9H15N3O. The lowest BCUT2D eigenvalue weighted by Crippen LogP contribution is -2.48. The third-order valence-corrected chi connectivity index (χ3v) is 2.35. The van der Waals surface area contributed by atoms with Crippen LogP contribution in [0.5, 0.6) is 0 Å². The minimum atomic E-state index is 0.434.